The zero-order chi connectivity index (χ0) is 22.6. The molecule has 1 atom stereocenters. The summed E-state index contributed by atoms with van der Waals surface area (Å²) < 4.78 is 6.54. The number of hydrogen-bond donors (Lipinski definition) is 4. The van der Waals surface area contributed by atoms with Crippen LogP contribution in [-0.2, 0) is 6.42 Å². The number of ether oxygens (including phenoxy) is 1. The second-order valence-electron chi connectivity index (χ2n) is 8.12. The van der Waals surface area contributed by atoms with E-state index in [9.17, 15) is 14.7 Å². The van der Waals surface area contributed by atoms with Gasteiger partial charge in [-0.3, -0.25) is 9.78 Å². The Labute approximate surface area is 183 Å². The quantitative estimate of drug-likeness (QED) is 0.398. The molecule has 2 aromatic heterocycles. The Balaban J connectivity index is 1.75. The van der Waals surface area contributed by atoms with Crippen molar-refractivity contribution in [3.8, 4) is 17.3 Å². The maximum Gasteiger partial charge on any atom is 0.335 e. The number of methoxy groups -OCH3 is 1. The topological polar surface area (TPSA) is 112 Å². The van der Waals surface area contributed by atoms with E-state index in [1.807, 2.05) is 44.2 Å². The summed E-state index contributed by atoms with van der Waals surface area (Å²) in [4.78, 5) is 31.4. The predicted molar refractivity (Wildman–Crippen MR) is 122 cm³/mol. The van der Waals surface area contributed by atoms with Gasteiger partial charge in [-0.05, 0) is 61.2 Å². The van der Waals surface area contributed by atoms with E-state index in [-0.39, 0.29) is 11.4 Å². The highest BCUT2D eigenvalue weighted by Gasteiger charge is 2.31. The highest BCUT2D eigenvalue weighted by Crippen LogP contribution is 2.36. The SMILES string of the molecule is COc1ccc2[nH]c3c(c2c1)CCNC3c1c(O)n(-c2cccc(C)c2C)c(=O)[nH]c1=O. The number of nitrogens with one attached hydrogen (secondary N) is 3. The molecule has 1 aliphatic rings. The van der Waals surface area contributed by atoms with Crippen molar-refractivity contribution in [3.05, 3.63) is 85.2 Å². The molecule has 0 saturated heterocycles. The average Bonchev–Trinajstić information content (AvgIpc) is 3.15. The van der Waals surface area contributed by atoms with Crippen LogP contribution < -0.4 is 21.3 Å². The summed E-state index contributed by atoms with van der Waals surface area (Å²) in [6, 6.07) is 10.7. The minimum atomic E-state index is -0.678. The monoisotopic (exact) mass is 432 g/mol. The van der Waals surface area contributed by atoms with Crippen molar-refractivity contribution < 1.29 is 9.84 Å². The Hall–Kier alpha value is -3.78. The van der Waals surface area contributed by atoms with Crippen molar-refractivity contribution in [2.24, 2.45) is 0 Å². The van der Waals surface area contributed by atoms with Crippen molar-refractivity contribution in [1.29, 1.82) is 0 Å². The molecule has 0 saturated carbocycles. The first-order valence-corrected chi connectivity index (χ1v) is 10.5. The second kappa shape index (κ2) is 7.42. The molecule has 4 aromatic rings. The number of fused-ring (bicyclic) bond motifs is 3. The molecule has 0 radical (unpaired) electrons. The number of aromatic hydroxyl groups is 1. The van der Waals surface area contributed by atoms with Gasteiger partial charge in [-0.2, -0.15) is 0 Å². The van der Waals surface area contributed by atoms with Gasteiger partial charge in [-0.1, -0.05) is 12.1 Å². The minimum Gasteiger partial charge on any atom is -0.497 e. The molecule has 0 aliphatic carbocycles. The van der Waals surface area contributed by atoms with E-state index in [1.54, 1.807) is 13.2 Å². The molecule has 0 amide bonds. The van der Waals surface area contributed by atoms with Crippen molar-refractivity contribution in [3.63, 3.8) is 0 Å². The van der Waals surface area contributed by atoms with E-state index in [0.29, 0.717) is 12.2 Å². The molecule has 8 heteroatoms. The van der Waals surface area contributed by atoms with E-state index >= 15 is 0 Å². The smallest absolute Gasteiger partial charge is 0.335 e. The summed E-state index contributed by atoms with van der Waals surface area (Å²) in [5.41, 5.74) is 3.94. The summed E-state index contributed by atoms with van der Waals surface area (Å²) in [6.45, 7) is 4.42. The molecule has 164 valence electrons. The normalized spacial score (nSPS) is 15.7. The third-order valence-electron chi connectivity index (χ3n) is 6.38. The lowest BCUT2D eigenvalue weighted by atomic mass is 9.95. The first-order valence-electron chi connectivity index (χ1n) is 10.5. The zero-order valence-corrected chi connectivity index (χ0v) is 18.1. The number of hydrogen-bond acceptors (Lipinski definition) is 5. The summed E-state index contributed by atoms with van der Waals surface area (Å²) in [5.74, 6) is 0.382. The molecule has 0 bridgehead atoms. The molecule has 32 heavy (non-hydrogen) atoms. The maximum atomic E-state index is 12.9. The Morgan fingerprint density at radius 2 is 1.94 bits per heavy atom. The molecule has 0 fully saturated rings. The third kappa shape index (κ3) is 2.95. The summed E-state index contributed by atoms with van der Waals surface area (Å²) >= 11 is 0. The van der Waals surface area contributed by atoms with Crippen LogP contribution in [0.15, 0.2) is 46.0 Å². The molecular formula is C24H24N4O4. The fourth-order valence-corrected chi connectivity index (χ4v) is 4.58. The fraction of sp³-hybridized carbons (Fsp3) is 0.250. The minimum absolute atomic E-state index is 0.102. The molecule has 1 aliphatic heterocycles. The van der Waals surface area contributed by atoms with Crippen LogP contribution in [0.3, 0.4) is 0 Å². The molecule has 4 N–H and O–H groups in total. The first-order chi connectivity index (χ1) is 15.4. The van der Waals surface area contributed by atoms with E-state index < -0.39 is 17.3 Å². The Morgan fingerprint density at radius 3 is 2.72 bits per heavy atom. The van der Waals surface area contributed by atoms with Crippen LogP contribution in [0.1, 0.15) is 34.0 Å². The Kier molecular flexibility index (Phi) is 4.67. The van der Waals surface area contributed by atoms with Crippen LogP contribution in [-0.4, -0.2) is 33.3 Å². The van der Waals surface area contributed by atoms with Gasteiger partial charge < -0.3 is 20.1 Å². The number of aromatic nitrogens is 3. The lowest BCUT2D eigenvalue weighted by molar-refractivity contribution is 0.409. The molecule has 8 nitrogen and oxygen atoms in total. The molecular weight excluding hydrogens is 408 g/mol. The van der Waals surface area contributed by atoms with Gasteiger partial charge in [-0.15, -0.1) is 0 Å². The van der Waals surface area contributed by atoms with Crippen LogP contribution in [0.5, 0.6) is 11.6 Å². The lowest BCUT2D eigenvalue weighted by Crippen LogP contribution is -2.38. The number of benzene rings is 2. The highest BCUT2D eigenvalue weighted by atomic mass is 16.5. The van der Waals surface area contributed by atoms with E-state index in [2.05, 4.69) is 15.3 Å². The van der Waals surface area contributed by atoms with Gasteiger partial charge in [0.15, 0.2) is 0 Å². The summed E-state index contributed by atoms with van der Waals surface area (Å²) in [7, 11) is 1.62. The zero-order valence-electron chi connectivity index (χ0n) is 18.1. The van der Waals surface area contributed by atoms with Crippen LogP contribution in [0, 0.1) is 13.8 Å². The van der Waals surface area contributed by atoms with Crippen LogP contribution in [0.2, 0.25) is 0 Å². The Morgan fingerprint density at radius 1 is 1.12 bits per heavy atom. The molecule has 1 unspecified atom stereocenters. The van der Waals surface area contributed by atoms with Gasteiger partial charge in [0.05, 0.1) is 18.8 Å². The van der Waals surface area contributed by atoms with Crippen molar-refractivity contribution >= 4 is 10.9 Å². The Bertz CT molecular complexity index is 1480. The van der Waals surface area contributed by atoms with E-state index in [4.69, 9.17) is 4.74 Å². The number of rotatable bonds is 3. The molecule has 2 aromatic carbocycles. The highest BCUT2D eigenvalue weighted by molar-refractivity contribution is 5.86. The predicted octanol–water partition coefficient (Wildman–Crippen LogP) is 2.57. The van der Waals surface area contributed by atoms with Gasteiger partial charge in [0.1, 0.15) is 11.3 Å². The number of aromatic amines is 2. The van der Waals surface area contributed by atoms with Crippen molar-refractivity contribution in [2.75, 3.05) is 13.7 Å². The largest absolute Gasteiger partial charge is 0.497 e. The summed E-state index contributed by atoms with van der Waals surface area (Å²) in [5, 5.41) is 15.6. The second-order valence-corrected chi connectivity index (χ2v) is 8.12. The number of H-pyrrole nitrogens is 2. The van der Waals surface area contributed by atoms with Gasteiger partial charge in [0.25, 0.3) is 5.56 Å². The maximum absolute atomic E-state index is 12.9. The van der Waals surface area contributed by atoms with Gasteiger partial charge >= 0.3 is 5.69 Å². The standard InChI is InChI=1S/C24H24N4O4/c1-12-5-4-6-18(13(12)2)28-23(30)19(22(29)27-24(28)31)21-20-15(9-10-25-21)16-11-14(32-3)7-8-17(16)26-20/h4-8,11,21,25-26,30H,9-10H2,1-3H3,(H,27,29,31). The fourth-order valence-electron chi connectivity index (χ4n) is 4.58. The average molecular weight is 432 g/mol. The van der Waals surface area contributed by atoms with Crippen molar-refractivity contribution in [1.82, 2.24) is 19.9 Å². The van der Waals surface area contributed by atoms with Crippen molar-refractivity contribution in [2.45, 2.75) is 26.3 Å². The van der Waals surface area contributed by atoms with Crippen LogP contribution in [0.4, 0.5) is 0 Å². The van der Waals surface area contributed by atoms with Crippen LogP contribution in [0.25, 0.3) is 16.6 Å². The molecule has 3 heterocycles. The van der Waals surface area contributed by atoms with E-state index in [1.165, 1.54) is 4.57 Å². The first kappa shape index (κ1) is 20.1. The number of aryl methyl sites for hydroxylation is 1. The third-order valence-corrected chi connectivity index (χ3v) is 6.38. The van der Waals surface area contributed by atoms with Gasteiger partial charge in [-0.25, -0.2) is 9.36 Å². The van der Waals surface area contributed by atoms with Gasteiger partial charge in [0, 0.05) is 23.1 Å². The van der Waals surface area contributed by atoms with E-state index in [0.717, 1.165) is 45.5 Å². The lowest BCUT2D eigenvalue weighted by Gasteiger charge is -2.25. The molecule has 5 rings (SSSR count). The van der Waals surface area contributed by atoms with Gasteiger partial charge in [0.2, 0.25) is 5.88 Å². The number of nitrogens with zero attached hydrogens (tertiary/aromatic N) is 1. The molecule has 0 spiro atoms. The summed E-state index contributed by atoms with van der Waals surface area (Å²) in [6.07, 6.45) is 0.758. The van der Waals surface area contributed by atoms with Crippen LogP contribution >= 0.6 is 0 Å².